The largest absolute Gasteiger partial charge is 0.481 e. The van der Waals surface area contributed by atoms with Gasteiger partial charge in [-0.15, -0.1) is 0 Å². The lowest BCUT2D eigenvalue weighted by molar-refractivity contribution is -0.142. The molecule has 113 heavy (non-hydrogen) atoms. The lowest BCUT2D eigenvalue weighted by atomic mass is 9.83. The number of amides is 14. The highest BCUT2D eigenvalue weighted by Crippen LogP contribution is 2.28. The zero-order chi connectivity index (χ0) is 84.3. The predicted molar refractivity (Wildman–Crippen MR) is 425 cm³/mol. The van der Waals surface area contributed by atoms with Gasteiger partial charge in [0, 0.05) is 51.0 Å². The number of benzene rings is 1. The summed E-state index contributed by atoms with van der Waals surface area (Å²) >= 11 is 0. The summed E-state index contributed by atoms with van der Waals surface area (Å²) < 4.78 is 0. The minimum absolute atomic E-state index is 0.0159. The molecule has 1 aromatic carbocycles. The van der Waals surface area contributed by atoms with E-state index in [0.717, 1.165) is 28.0 Å². The molecule has 13 atom stereocenters. The Hall–Kier alpha value is -10.9. The van der Waals surface area contributed by atoms with Gasteiger partial charge in [-0.05, 0) is 87.5 Å². The molecular weight excluding hydrogens is 1510 g/mol. The molecule has 14 amide bonds. The lowest BCUT2D eigenvalue weighted by Gasteiger charge is -2.31. The van der Waals surface area contributed by atoms with Crippen molar-refractivity contribution in [1.29, 1.82) is 0 Å². The third-order valence-corrected chi connectivity index (χ3v) is 20.7. The molecule has 32 N–H and O–H groups in total. The monoisotopic (exact) mass is 1630 g/mol. The molecule has 0 bridgehead atoms. The van der Waals surface area contributed by atoms with Gasteiger partial charge < -0.3 is 126 Å². The second kappa shape index (κ2) is 51.6. The third-order valence-electron chi connectivity index (χ3n) is 18.3. The smallest absolute Gasteiger partial charge is 0.305 e. The van der Waals surface area contributed by atoms with Gasteiger partial charge in [0.2, 0.25) is 82.7 Å². The Morgan fingerprint density at radius 1 is 0.504 bits per heavy atom. The Bertz CT molecular complexity index is 3500. The third kappa shape index (κ3) is 37.8. The Balaban J connectivity index is 2.31. The van der Waals surface area contributed by atoms with E-state index in [9.17, 15) is 77.0 Å². The van der Waals surface area contributed by atoms with Crippen molar-refractivity contribution < 1.29 is 77.0 Å². The lowest BCUT2D eigenvalue weighted by Crippen LogP contribution is -2.62. The summed E-state index contributed by atoms with van der Waals surface area (Å²) in [4.78, 5) is 228. The van der Waals surface area contributed by atoms with Crippen molar-refractivity contribution in [2.45, 2.75) is 210 Å². The minimum atomic E-state index is -1.96. The number of aliphatic carboxylic acids is 1. The Kier molecular flexibility index (Phi) is 43.9. The normalized spacial score (nSPS) is 23.4. The number of nitrogens with zero attached hydrogens (tertiary/aromatic N) is 4. The molecule has 0 aromatic heterocycles. The fourth-order valence-electron chi connectivity index (χ4n) is 11.8. The average molecular weight is 1630 g/mol. The van der Waals surface area contributed by atoms with Crippen LogP contribution >= 0.6 is 21.6 Å². The van der Waals surface area contributed by atoms with Crippen LogP contribution in [0.4, 0.5) is 0 Å². The molecule has 0 unspecified atom stereocenters. The number of nitrogens with one attached hydrogen (secondary N) is 13. The van der Waals surface area contributed by atoms with E-state index in [1.54, 1.807) is 58.0 Å². The number of carbonyl (C=O) groups excluding carboxylic acids is 14. The number of carboxylic acids is 1. The topological polar surface area (TPSA) is 716 Å². The highest BCUT2D eigenvalue weighted by atomic mass is 33.1. The summed E-state index contributed by atoms with van der Waals surface area (Å²) in [6.45, 7) is 6.01. The maximum atomic E-state index is 14.9. The number of carbonyl (C=O) groups is 15. The van der Waals surface area contributed by atoms with Crippen molar-refractivity contribution in [3.63, 3.8) is 0 Å². The van der Waals surface area contributed by atoms with Crippen LogP contribution in [-0.4, -0.2) is 235 Å². The molecule has 1 aliphatic heterocycles. The highest BCUT2D eigenvalue weighted by molar-refractivity contribution is 8.76. The molecule has 3 rings (SSSR count). The Morgan fingerprint density at radius 2 is 0.947 bits per heavy atom. The molecular formula is C69H116N26O16S2. The number of carboxylic acid groups (broad SMARTS) is 1. The van der Waals surface area contributed by atoms with Crippen LogP contribution in [0.3, 0.4) is 0 Å². The molecule has 0 spiro atoms. The molecule has 1 aliphatic carbocycles. The van der Waals surface area contributed by atoms with Gasteiger partial charge in [-0.2, -0.15) is 0 Å². The number of nitrogens with two attached hydrogens (primary N) is 9. The molecule has 1 saturated carbocycles. The van der Waals surface area contributed by atoms with Gasteiger partial charge in [0.1, 0.15) is 66.5 Å². The van der Waals surface area contributed by atoms with E-state index >= 15 is 0 Å². The molecule has 1 heterocycles. The maximum Gasteiger partial charge on any atom is 0.305 e. The fourth-order valence-corrected chi connectivity index (χ4v) is 14.1. The number of hydrogen-bond acceptors (Lipinski definition) is 21. The van der Waals surface area contributed by atoms with Gasteiger partial charge in [0.15, 0.2) is 23.8 Å². The summed E-state index contributed by atoms with van der Waals surface area (Å²) in [6.07, 6.45) is 1.67. The summed E-state index contributed by atoms with van der Waals surface area (Å²) in [5.74, 6) is -18.6. The van der Waals surface area contributed by atoms with E-state index in [1.165, 1.54) is 6.92 Å². The quantitative estimate of drug-likeness (QED) is 0.0153. The number of guanidine groups is 4. The minimum Gasteiger partial charge on any atom is -0.481 e. The summed E-state index contributed by atoms with van der Waals surface area (Å²) in [7, 11) is 1.83. The van der Waals surface area contributed by atoms with E-state index in [4.69, 9.17) is 51.6 Å². The second-order valence-corrected chi connectivity index (χ2v) is 30.0. The zero-order valence-electron chi connectivity index (χ0n) is 64.5. The SMILES string of the molecule is CC[C@H](C)[C@@H]1NC(=O)[C@@H](CCCN=C(N)N)NC(=O)CNC(=O)CNC(=O)[C@@H](C2CCCCC2)NC(=O)[C@H](NC(=O)[C@@H](CCCN=C(N)N)NC(C)=O)CSSC[C@H](C(N)=O)NC(=O)[C@@H](CCCN=C(N)N)NC(=O)[C@H](Cc2ccccc2)NC(=O)[C@@H]([C@@H](C)CC)NC(=O)[C@H](CCCN=C(N)N)NC(=O)[C@@H](CC(=O)O)NC1=O. The van der Waals surface area contributed by atoms with Gasteiger partial charge in [-0.3, -0.25) is 91.9 Å². The highest BCUT2D eigenvalue weighted by Gasteiger charge is 2.40. The van der Waals surface area contributed by atoms with Crippen LogP contribution < -0.4 is 121 Å². The molecule has 0 radical (unpaired) electrons. The molecule has 1 saturated heterocycles. The van der Waals surface area contributed by atoms with Crippen LogP contribution in [0.2, 0.25) is 0 Å². The molecule has 630 valence electrons. The van der Waals surface area contributed by atoms with Gasteiger partial charge in [-0.1, -0.05) is 112 Å². The number of rotatable bonds is 29. The molecule has 42 nitrogen and oxygen atoms in total. The maximum absolute atomic E-state index is 14.9. The number of hydrogen-bond donors (Lipinski definition) is 23. The summed E-state index contributed by atoms with van der Waals surface area (Å²) in [6, 6.07) is -8.47. The Morgan fingerprint density at radius 3 is 1.42 bits per heavy atom. The Labute approximate surface area is 663 Å². The first-order chi connectivity index (χ1) is 53.5. The van der Waals surface area contributed by atoms with Crippen LogP contribution in [0.25, 0.3) is 0 Å². The van der Waals surface area contributed by atoms with Crippen molar-refractivity contribution in [2.75, 3.05) is 50.8 Å². The summed E-state index contributed by atoms with van der Waals surface area (Å²) in [5, 5.41) is 43.7. The van der Waals surface area contributed by atoms with Crippen molar-refractivity contribution in [3.8, 4) is 0 Å². The molecule has 1 aromatic rings. The van der Waals surface area contributed by atoms with E-state index in [2.05, 4.69) is 89.1 Å². The van der Waals surface area contributed by atoms with Crippen molar-refractivity contribution >= 4 is 134 Å². The second-order valence-electron chi connectivity index (χ2n) is 27.4. The predicted octanol–water partition coefficient (Wildman–Crippen LogP) is -6.94. The zero-order valence-corrected chi connectivity index (χ0v) is 66.2. The molecule has 2 aliphatic rings. The van der Waals surface area contributed by atoms with Crippen LogP contribution in [0.5, 0.6) is 0 Å². The van der Waals surface area contributed by atoms with Crippen LogP contribution in [-0.2, 0) is 78.3 Å². The van der Waals surface area contributed by atoms with Crippen molar-refractivity contribution in [3.05, 3.63) is 35.9 Å². The summed E-state index contributed by atoms with van der Waals surface area (Å²) in [5.41, 5.74) is 50.9. The van der Waals surface area contributed by atoms with Crippen molar-refractivity contribution in [2.24, 2.45) is 89.3 Å². The van der Waals surface area contributed by atoms with E-state index in [0.29, 0.717) is 31.2 Å². The average Bonchev–Trinajstić information content (AvgIpc) is 0.849. The van der Waals surface area contributed by atoms with Crippen LogP contribution in [0, 0.1) is 17.8 Å². The fraction of sp³-hybridized carbons (Fsp3) is 0.638. The molecule has 2 fully saturated rings. The van der Waals surface area contributed by atoms with Crippen molar-refractivity contribution in [1.82, 2.24) is 69.1 Å². The molecule has 44 heteroatoms. The standard InChI is InChI=1S/C69H116N26O16S2/c1-6-36(3)52-64(110)89-45(30-39-18-10-8-11-19-39)60(106)87-43(24-16-28-81-68(75)76)57(103)91-47(55(70)101)34-112-113-35-48(92-56(102)41(85-38(5)96)22-14-26-79-66(71)72)62(108)95-54(40-20-12-9-13-21-40)63(109)84-32-49(97)83-33-50(98)86-42(23-15-27-80-67(73)74)58(104)93-53(37(4)7-2)65(111)90-46(31-51(99)100)61(107)88-44(59(105)94-52)25-17-29-82-69(77)78/h8,10-11,18-19,36-37,40-48,52-54H,6-7,9,12-17,20-35H2,1-5H3,(H2,70,101)(H,83,97)(H,84,109)(H,85,96)(H,86,98)(H,87,106)(H,88,107)(H,89,110)(H,90,111)(H,91,103)(H,92,102)(H,93,104)(H,94,105)(H,95,108)(H,99,100)(H4,71,72,79)(H4,73,74,80)(H4,75,76,81)(H4,77,78,82)/t36-,37-,41+,42+,43+,44-,45-,46+,47+,48+,52+,53-,54+/m0/s1. The van der Waals surface area contributed by atoms with E-state index < -0.39 is 192 Å². The first-order valence-electron chi connectivity index (χ1n) is 37.4. The van der Waals surface area contributed by atoms with Gasteiger partial charge in [0.05, 0.1) is 19.5 Å². The van der Waals surface area contributed by atoms with Gasteiger partial charge >= 0.3 is 5.97 Å². The first kappa shape index (κ1) is 96.3. The first-order valence-corrected chi connectivity index (χ1v) is 39.9. The van der Waals surface area contributed by atoms with Gasteiger partial charge in [0.25, 0.3) is 0 Å². The van der Waals surface area contributed by atoms with Crippen LogP contribution in [0.15, 0.2) is 50.3 Å². The van der Waals surface area contributed by atoms with Gasteiger partial charge in [-0.25, -0.2) is 0 Å². The van der Waals surface area contributed by atoms with Crippen LogP contribution in [0.1, 0.15) is 143 Å². The number of primary amides is 1. The van der Waals surface area contributed by atoms with E-state index in [1.807, 2.05) is 0 Å². The number of aliphatic imine (C=N–C) groups is 4. The van der Waals surface area contributed by atoms with E-state index in [-0.39, 0.29) is 132 Å².